The molecule has 0 bridgehead atoms. The SMILES string of the molecule is Cc1ccccc1NC(=O)C1CC(c2ccc(F)cc2)=NO1. The van der Waals surface area contributed by atoms with Crippen LogP contribution in [0.4, 0.5) is 10.1 Å². The van der Waals surface area contributed by atoms with E-state index in [9.17, 15) is 9.18 Å². The Balaban J connectivity index is 1.65. The lowest BCUT2D eigenvalue weighted by molar-refractivity contribution is -0.125. The molecule has 5 heteroatoms. The van der Waals surface area contributed by atoms with Crippen LogP contribution in [0.5, 0.6) is 0 Å². The van der Waals surface area contributed by atoms with E-state index in [-0.39, 0.29) is 11.7 Å². The summed E-state index contributed by atoms with van der Waals surface area (Å²) in [5.41, 5.74) is 3.14. The number of hydrogen-bond acceptors (Lipinski definition) is 3. The quantitative estimate of drug-likeness (QED) is 0.945. The molecular weight excluding hydrogens is 283 g/mol. The van der Waals surface area contributed by atoms with Crippen molar-refractivity contribution in [3.05, 3.63) is 65.5 Å². The van der Waals surface area contributed by atoms with Crippen molar-refractivity contribution in [1.29, 1.82) is 0 Å². The Hall–Kier alpha value is -2.69. The smallest absolute Gasteiger partial charge is 0.268 e. The molecule has 22 heavy (non-hydrogen) atoms. The van der Waals surface area contributed by atoms with Crippen molar-refractivity contribution in [3.8, 4) is 0 Å². The van der Waals surface area contributed by atoms with E-state index >= 15 is 0 Å². The lowest BCUT2D eigenvalue weighted by atomic mass is 10.0. The van der Waals surface area contributed by atoms with Gasteiger partial charge < -0.3 is 10.2 Å². The number of rotatable bonds is 3. The summed E-state index contributed by atoms with van der Waals surface area (Å²) in [6, 6.07) is 13.5. The molecule has 0 spiro atoms. The van der Waals surface area contributed by atoms with Crippen LogP contribution in [-0.4, -0.2) is 17.7 Å². The fourth-order valence-corrected chi connectivity index (χ4v) is 2.26. The summed E-state index contributed by atoms with van der Waals surface area (Å²) in [7, 11) is 0. The molecule has 1 unspecified atom stereocenters. The summed E-state index contributed by atoms with van der Waals surface area (Å²) in [5, 5.41) is 6.77. The zero-order chi connectivity index (χ0) is 15.5. The van der Waals surface area contributed by atoms with E-state index in [2.05, 4.69) is 10.5 Å². The van der Waals surface area contributed by atoms with E-state index in [0.29, 0.717) is 12.1 Å². The van der Waals surface area contributed by atoms with Crippen molar-refractivity contribution in [1.82, 2.24) is 0 Å². The summed E-state index contributed by atoms with van der Waals surface area (Å²) in [6.45, 7) is 1.92. The number of nitrogens with zero attached hydrogens (tertiary/aromatic N) is 1. The molecule has 2 aromatic rings. The van der Waals surface area contributed by atoms with Gasteiger partial charge in [-0.15, -0.1) is 0 Å². The van der Waals surface area contributed by atoms with E-state index in [1.54, 1.807) is 12.1 Å². The number of nitrogens with one attached hydrogen (secondary N) is 1. The second-order valence-corrected chi connectivity index (χ2v) is 5.15. The molecule has 1 aliphatic heterocycles. The van der Waals surface area contributed by atoms with Crippen molar-refractivity contribution >= 4 is 17.3 Å². The van der Waals surface area contributed by atoms with Gasteiger partial charge in [-0.25, -0.2) is 4.39 Å². The predicted octanol–water partition coefficient (Wildman–Crippen LogP) is 3.27. The second-order valence-electron chi connectivity index (χ2n) is 5.15. The van der Waals surface area contributed by atoms with E-state index in [4.69, 9.17) is 4.84 Å². The van der Waals surface area contributed by atoms with Crippen molar-refractivity contribution in [2.45, 2.75) is 19.4 Å². The van der Waals surface area contributed by atoms with Gasteiger partial charge in [0.15, 0.2) is 0 Å². The third-order valence-electron chi connectivity index (χ3n) is 3.54. The minimum atomic E-state index is -0.667. The minimum absolute atomic E-state index is 0.241. The van der Waals surface area contributed by atoms with Gasteiger partial charge in [-0.1, -0.05) is 35.5 Å². The Bertz CT molecular complexity index is 726. The first-order valence-corrected chi connectivity index (χ1v) is 6.98. The molecule has 0 aromatic heterocycles. The van der Waals surface area contributed by atoms with E-state index < -0.39 is 6.10 Å². The van der Waals surface area contributed by atoms with Crippen LogP contribution in [0.15, 0.2) is 53.7 Å². The van der Waals surface area contributed by atoms with Gasteiger partial charge >= 0.3 is 0 Å². The molecule has 0 saturated heterocycles. The van der Waals surface area contributed by atoms with E-state index in [1.165, 1.54) is 12.1 Å². The molecule has 1 aliphatic rings. The molecule has 1 atom stereocenters. The van der Waals surface area contributed by atoms with Gasteiger partial charge in [-0.2, -0.15) is 0 Å². The van der Waals surface area contributed by atoms with Gasteiger partial charge in [0.05, 0.1) is 5.71 Å². The first-order chi connectivity index (χ1) is 10.6. The van der Waals surface area contributed by atoms with E-state index in [0.717, 1.165) is 16.8 Å². The summed E-state index contributed by atoms with van der Waals surface area (Å²) >= 11 is 0. The molecule has 0 radical (unpaired) electrons. The largest absolute Gasteiger partial charge is 0.382 e. The predicted molar refractivity (Wildman–Crippen MR) is 82.2 cm³/mol. The fraction of sp³-hybridized carbons (Fsp3) is 0.176. The number of carbonyl (C=O) groups is 1. The van der Waals surface area contributed by atoms with Gasteiger partial charge in [0.1, 0.15) is 5.82 Å². The van der Waals surface area contributed by atoms with Crippen molar-refractivity contribution in [2.24, 2.45) is 5.16 Å². The van der Waals surface area contributed by atoms with Crippen LogP contribution in [0, 0.1) is 12.7 Å². The molecule has 2 aromatic carbocycles. The third kappa shape index (κ3) is 2.98. The van der Waals surface area contributed by atoms with Crippen LogP contribution in [0.1, 0.15) is 17.5 Å². The Morgan fingerprint density at radius 3 is 2.68 bits per heavy atom. The van der Waals surface area contributed by atoms with Crippen LogP contribution in [0.2, 0.25) is 0 Å². The Labute approximate surface area is 127 Å². The third-order valence-corrected chi connectivity index (χ3v) is 3.54. The fourth-order valence-electron chi connectivity index (χ4n) is 2.26. The Kier molecular flexibility index (Phi) is 3.87. The van der Waals surface area contributed by atoms with E-state index in [1.807, 2.05) is 31.2 Å². The topological polar surface area (TPSA) is 50.7 Å². The lowest BCUT2D eigenvalue weighted by Gasteiger charge is -2.11. The highest BCUT2D eigenvalue weighted by atomic mass is 19.1. The van der Waals surface area contributed by atoms with Crippen molar-refractivity contribution in [2.75, 3.05) is 5.32 Å². The molecule has 4 nitrogen and oxygen atoms in total. The van der Waals surface area contributed by atoms with Gasteiger partial charge in [-0.05, 0) is 36.2 Å². The zero-order valence-electron chi connectivity index (χ0n) is 12.0. The summed E-state index contributed by atoms with van der Waals surface area (Å²) in [5.74, 6) is -0.549. The normalized spacial score (nSPS) is 16.8. The standard InChI is InChI=1S/C17H15FN2O2/c1-11-4-2-3-5-14(11)19-17(21)16-10-15(20-22-16)12-6-8-13(18)9-7-12/h2-9,16H,10H2,1H3,(H,19,21). The minimum Gasteiger partial charge on any atom is -0.382 e. The Morgan fingerprint density at radius 1 is 1.23 bits per heavy atom. The highest BCUT2D eigenvalue weighted by Gasteiger charge is 2.29. The number of benzene rings is 2. The van der Waals surface area contributed by atoms with Gasteiger partial charge in [0, 0.05) is 12.1 Å². The monoisotopic (exact) mass is 298 g/mol. The maximum absolute atomic E-state index is 12.9. The molecule has 3 rings (SSSR count). The number of aryl methyl sites for hydroxylation is 1. The van der Waals surface area contributed by atoms with Crippen LogP contribution < -0.4 is 5.32 Å². The van der Waals surface area contributed by atoms with Gasteiger partial charge in [0.25, 0.3) is 5.91 Å². The molecule has 0 saturated carbocycles. The lowest BCUT2D eigenvalue weighted by Crippen LogP contribution is -2.28. The Morgan fingerprint density at radius 2 is 1.95 bits per heavy atom. The van der Waals surface area contributed by atoms with Crippen molar-refractivity contribution < 1.29 is 14.0 Å². The molecule has 0 aliphatic carbocycles. The highest BCUT2D eigenvalue weighted by Crippen LogP contribution is 2.20. The first kappa shape index (κ1) is 14.3. The number of amides is 1. The van der Waals surface area contributed by atoms with Crippen LogP contribution >= 0.6 is 0 Å². The molecule has 1 amide bonds. The summed E-state index contributed by atoms with van der Waals surface area (Å²) in [6.07, 6.45) is -0.303. The highest BCUT2D eigenvalue weighted by molar-refractivity contribution is 6.06. The van der Waals surface area contributed by atoms with Crippen LogP contribution in [0.25, 0.3) is 0 Å². The molecular formula is C17H15FN2O2. The second kappa shape index (κ2) is 5.97. The average Bonchev–Trinajstić information content (AvgIpc) is 3.00. The van der Waals surface area contributed by atoms with Crippen LogP contribution in [0.3, 0.4) is 0 Å². The zero-order valence-corrected chi connectivity index (χ0v) is 12.0. The molecule has 1 heterocycles. The number of hydrogen-bond donors (Lipinski definition) is 1. The maximum atomic E-state index is 12.9. The number of para-hydroxylation sites is 1. The first-order valence-electron chi connectivity index (χ1n) is 6.98. The molecule has 1 N–H and O–H groups in total. The molecule has 112 valence electrons. The average molecular weight is 298 g/mol. The number of halogens is 1. The molecule has 0 fully saturated rings. The number of carbonyl (C=O) groups excluding carboxylic acids is 1. The summed E-state index contributed by atoms with van der Waals surface area (Å²) < 4.78 is 12.9. The summed E-state index contributed by atoms with van der Waals surface area (Å²) in [4.78, 5) is 17.4. The van der Waals surface area contributed by atoms with Gasteiger partial charge in [-0.3, -0.25) is 4.79 Å². The van der Waals surface area contributed by atoms with Gasteiger partial charge in [0.2, 0.25) is 6.10 Å². The van der Waals surface area contributed by atoms with Crippen molar-refractivity contribution in [3.63, 3.8) is 0 Å². The van der Waals surface area contributed by atoms with Crippen LogP contribution in [-0.2, 0) is 9.63 Å². The maximum Gasteiger partial charge on any atom is 0.268 e. The number of oxime groups is 1. The number of anilines is 1.